The summed E-state index contributed by atoms with van der Waals surface area (Å²) >= 11 is 0. The van der Waals surface area contributed by atoms with Crippen LogP contribution >= 0.6 is 0 Å². The lowest BCUT2D eigenvalue weighted by Crippen LogP contribution is -2.21. The van der Waals surface area contributed by atoms with E-state index in [9.17, 15) is 0 Å². The van der Waals surface area contributed by atoms with Gasteiger partial charge in [0.15, 0.2) is 11.5 Å². The fourth-order valence-corrected chi connectivity index (χ4v) is 1.49. The van der Waals surface area contributed by atoms with Gasteiger partial charge in [-0.3, -0.25) is 0 Å². The average Bonchev–Trinajstić information content (AvgIpc) is 2.61. The summed E-state index contributed by atoms with van der Waals surface area (Å²) in [6, 6.07) is 0. The van der Waals surface area contributed by atoms with Gasteiger partial charge in [-0.15, -0.1) is 0 Å². The fourth-order valence-electron chi connectivity index (χ4n) is 1.49. The lowest BCUT2D eigenvalue weighted by molar-refractivity contribution is 0.406. The standard InChI is InChI=1S/C9H12N8/c1-9(2,3)17-4-12-5-6(10)13-8(15-16-11)14-7(5)17/h4H,1-3H3,(H2,10,13,14). The molecule has 0 aliphatic carbocycles. The molecule has 8 heteroatoms. The van der Waals surface area contributed by atoms with Crippen molar-refractivity contribution in [1.29, 1.82) is 0 Å². The van der Waals surface area contributed by atoms with Crippen LogP contribution in [0.1, 0.15) is 20.8 Å². The van der Waals surface area contributed by atoms with Crippen molar-refractivity contribution in [2.24, 2.45) is 5.11 Å². The van der Waals surface area contributed by atoms with Crippen molar-refractivity contribution >= 4 is 22.9 Å². The molecule has 0 aliphatic heterocycles. The number of imidazole rings is 1. The number of nitrogens with two attached hydrogens (primary N) is 1. The summed E-state index contributed by atoms with van der Waals surface area (Å²) in [6.45, 7) is 6.04. The molecule has 0 spiro atoms. The molecule has 0 saturated heterocycles. The minimum atomic E-state index is -0.191. The van der Waals surface area contributed by atoms with Crippen LogP contribution in [0.15, 0.2) is 11.4 Å². The number of hydrogen-bond acceptors (Lipinski definition) is 5. The van der Waals surface area contributed by atoms with Gasteiger partial charge in [0.25, 0.3) is 0 Å². The fraction of sp³-hybridized carbons (Fsp3) is 0.444. The molecule has 0 aromatic carbocycles. The van der Waals surface area contributed by atoms with Crippen LogP contribution in [0.4, 0.5) is 11.8 Å². The number of anilines is 1. The van der Waals surface area contributed by atoms with Crippen molar-refractivity contribution in [1.82, 2.24) is 19.5 Å². The summed E-state index contributed by atoms with van der Waals surface area (Å²) in [7, 11) is 0. The molecule has 0 atom stereocenters. The number of azide groups is 1. The summed E-state index contributed by atoms with van der Waals surface area (Å²) in [6.07, 6.45) is 1.65. The molecule has 2 aromatic heterocycles. The second-order valence-corrected chi connectivity index (χ2v) is 4.56. The monoisotopic (exact) mass is 232 g/mol. The van der Waals surface area contributed by atoms with Crippen LogP contribution < -0.4 is 5.73 Å². The maximum Gasteiger partial charge on any atom is 0.220 e. The summed E-state index contributed by atoms with van der Waals surface area (Å²) in [5.74, 6) is 0.212. The van der Waals surface area contributed by atoms with Crippen molar-refractivity contribution in [2.75, 3.05) is 5.73 Å². The van der Waals surface area contributed by atoms with Gasteiger partial charge in [-0.05, 0) is 31.4 Å². The zero-order valence-corrected chi connectivity index (χ0v) is 9.79. The van der Waals surface area contributed by atoms with E-state index in [1.807, 2.05) is 25.3 Å². The van der Waals surface area contributed by atoms with Crippen LogP contribution in [0.5, 0.6) is 0 Å². The van der Waals surface area contributed by atoms with Crippen LogP contribution in [0.2, 0.25) is 0 Å². The lowest BCUT2D eigenvalue weighted by Gasteiger charge is -2.20. The zero-order valence-electron chi connectivity index (χ0n) is 9.79. The van der Waals surface area contributed by atoms with Crippen LogP contribution in [0, 0.1) is 0 Å². The number of nitrogen functional groups attached to an aromatic ring is 1. The average molecular weight is 232 g/mol. The van der Waals surface area contributed by atoms with E-state index in [0.29, 0.717) is 11.2 Å². The summed E-state index contributed by atoms with van der Waals surface area (Å²) < 4.78 is 1.86. The number of nitrogens with zero attached hydrogens (tertiary/aromatic N) is 7. The number of aromatic nitrogens is 4. The Morgan fingerprint density at radius 2 is 2.12 bits per heavy atom. The largest absolute Gasteiger partial charge is 0.382 e. The first kappa shape index (κ1) is 11.2. The maximum absolute atomic E-state index is 8.38. The van der Waals surface area contributed by atoms with Crippen LogP contribution in [0.3, 0.4) is 0 Å². The van der Waals surface area contributed by atoms with Crippen molar-refractivity contribution in [2.45, 2.75) is 26.3 Å². The molecule has 0 amide bonds. The Balaban J connectivity index is 2.78. The Morgan fingerprint density at radius 3 is 2.71 bits per heavy atom. The smallest absolute Gasteiger partial charge is 0.220 e. The van der Waals surface area contributed by atoms with Gasteiger partial charge < -0.3 is 10.3 Å². The number of fused-ring (bicyclic) bond motifs is 1. The minimum Gasteiger partial charge on any atom is -0.382 e. The summed E-state index contributed by atoms with van der Waals surface area (Å²) in [5, 5.41) is 3.36. The second-order valence-electron chi connectivity index (χ2n) is 4.56. The molecule has 2 heterocycles. The second kappa shape index (κ2) is 3.60. The molecule has 0 unspecified atom stereocenters. The van der Waals surface area contributed by atoms with Gasteiger partial charge in [0.05, 0.1) is 6.33 Å². The van der Waals surface area contributed by atoms with E-state index >= 15 is 0 Å². The third-order valence-corrected chi connectivity index (χ3v) is 2.27. The quantitative estimate of drug-likeness (QED) is 0.460. The molecule has 2 N–H and O–H groups in total. The van der Waals surface area contributed by atoms with Crippen molar-refractivity contribution in [3.63, 3.8) is 0 Å². The topological polar surface area (TPSA) is 118 Å². The SMILES string of the molecule is CC(C)(C)n1cnc2c(N)nc(N=[N+]=[N-])nc21. The van der Waals surface area contributed by atoms with Gasteiger partial charge in [0.1, 0.15) is 5.52 Å². The zero-order chi connectivity index (χ0) is 12.6. The first-order valence-corrected chi connectivity index (χ1v) is 4.99. The molecule has 0 fully saturated rings. The molecule has 8 nitrogen and oxygen atoms in total. The van der Waals surface area contributed by atoms with Crippen LogP contribution in [-0.2, 0) is 5.54 Å². The van der Waals surface area contributed by atoms with E-state index < -0.39 is 0 Å². The van der Waals surface area contributed by atoms with E-state index in [2.05, 4.69) is 25.0 Å². The Morgan fingerprint density at radius 1 is 1.41 bits per heavy atom. The maximum atomic E-state index is 8.38. The highest BCUT2D eigenvalue weighted by Gasteiger charge is 2.19. The van der Waals surface area contributed by atoms with Gasteiger partial charge in [-0.1, -0.05) is 0 Å². The van der Waals surface area contributed by atoms with Crippen molar-refractivity contribution in [3.05, 3.63) is 16.8 Å². The van der Waals surface area contributed by atoms with E-state index in [4.69, 9.17) is 11.3 Å². The van der Waals surface area contributed by atoms with Crippen LogP contribution in [0.25, 0.3) is 21.6 Å². The van der Waals surface area contributed by atoms with E-state index in [-0.39, 0.29) is 17.3 Å². The van der Waals surface area contributed by atoms with Gasteiger partial charge in [0, 0.05) is 10.5 Å². The molecular formula is C9H12N8. The molecule has 0 aliphatic rings. The molecule has 0 radical (unpaired) electrons. The molecule has 0 bridgehead atoms. The molecular weight excluding hydrogens is 220 g/mol. The normalized spacial score (nSPS) is 11.5. The Kier molecular flexibility index (Phi) is 2.36. The number of rotatable bonds is 1. The summed E-state index contributed by atoms with van der Waals surface area (Å²) in [4.78, 5) is 14.8. The molecule has 88 valence electrons. The molecule has 2 rings (SSSR count). The third kappa shape index (κ3) is 1.85. The lowest BCUT2D eigenvalue weighted by atomic mass is 10.1. The summed E-state index contributed by atoms with van der Waals surface area (Å²) in [5.41, 5.74) is 15.0. The minimum absolute atomic E-state index is 0.00324. The van der Waals surface area contributed by atoms with E-state index in [1.54, 1.807) is 6.33 Å². The highest BCUT2D eigenvalue weighted by Crippen LogP contribution is 2.24. The Hall–Kier alpha value is -2.34. The van der Waals surface area contributed by atoms with Gasteiger partial charge >= 0.3 is 0 Å². The predicted octanol–water partition coefficient (Wildman–Crippen LogP) is 2.11. The molecule has 17 heavy (non-hydrogen) atoms. The van der Waals surface area contributed by atoms with Crippen molar-refractivity contribution in [3.8, 4) is 0 Å². The van der Waals surface area contributed by atoms with Gasteiger partial charge in [0.2, 0.25) is 5.95 Å². The van der Waals surface area contributed by atoms with Gasteiger partial charge in [-0.2, -0.15) is 0 Å². The predicted molar refractivity (Wildman–Crippen MR) is 63.5 cm³/mol. The molecule has 2 aromatic rings. The Labute approximate surface area is 97.1 Å². The van der Waals surface area contributed by atoms with Crippen LogP contribution in [-0.4, -0.2) is 19.5 Å². The van der Waals surface area contributed by atoms with E-state index in [1.165, 1.54) is 0 Å². The number of hydrogen-bond donors (Lipinski definition) is 1. The van der Waals surface area contributed by atoms with Gasteiger partial charge in [-0.25, -0.2) is 15.0 Å². The highest BCUT2D eigenvalue weighted by atomic mass is 15.3. The van der Waals surface area contributed by atoms with Crippen molar-refractivity contribution < 1.29 is 0 Å². The first-order chi connectivity index (χ1) is 7.93. The third-order valence-electron chi connectivity index (χ3n) is 2.27. The first-order valence-electron chi connectivity index (χ1n) is 4.99. The molecule has 0 saturated carbocycles. The van der Waals surface area contributed by atoms with E-state index in [0.717, 1.165) is 0 Å². The highest BCUT2D eigenvalue weighted by molar-refractivity contribution is 5.82. The Bertz CT molecular complexity index is 614.